The molecule has 1 aromatic carbocycles. The molecule has 11 nitrogen and oxygen atoms in total. The number of carbonyl (C=O) groups is 3. The van der Waals surface area contributed by atoms with Gasteiger partial charge in [0.15, 0.2) is 17.6 Å². The number of aryl methyl sites for hydroxylation is 2. The van der Waals surface area contributed by atoms with Gasteiger partial charge in [-0.25, -0.2) is 0 Å². The van der Waals surface area contributed by atoms with Gasteiger partial charge < -0.3 is 35.9 Å². The van der Waals surface area contributed by atoms with Crippen molar-refractivity contribution in [3.63, 3.8) is 0 Å². The highest BCUT2D eigenvalue weighted by molar-refractivity contribution is 5.91. The van der Waals surface area contributed by atoms with Gasteiger partial charge >= 0.3 is 0 Å². The molecular formula is C28H36N4O7. The number of anilines is 1. The number of rotatable bonds is 14. The third-order valence-corrected chi connectivity index (χ3v) is 6.38. The highest BCUT2D eigenvalue weighted by Gasteiger charge is 2.17. The first-order valence-corrected chi connectivity index (χ1v) is 12.9. The van der Waals surface area contributed by atoms with E-state index in [1.807, 2.05) is 0 Å². The fourth-order valence-corrected chi connectivity index (χ4v) is 4.22. The lowest BCUT2D eigenvalue weighted by Gasteiger charge is -2.10. The van der Waals surface area contributed by atoms with Gasteiger partial charge in [-0.1, -0.05) is 6.42 Å². The first kappa shape index (κ1) is 29.2. The lowest BCUT2D eigenvalue weighted by Crippen LogP contribution is -2.25. The molecule has 6 N–H and O–H groups in total. The lowest BCUT2D eigenvalue weighted by molar-refractivity contribution is -0.121. The molecule has 0 radical (unpaired) electrons. The van der Waals surface area contributed by atoms with Crippen LogP contribution in [0.5, 0.6) is 23.5 Å². The standard InChI is InChI=1S/C28H36N4O7/c1-18-16-26(37)32(27(18)38)22-10-8-21(9-11-22)30-24(35)12-7-20-17-25(36)31(28(20)39)15-13-23(34)29-14-5-3-4-6-19(2)33/h8-11,16-17,36-39H,3-7,12-15H2,1-2H3,(H,29,34)(H,30,35). The van der Waals surface area contributed by atoms with Crippen molar-refractivity contribution in [2.75, 3.05) is 11.9 Å². The van der Waals surface area contributed by atoms with Crippen molar-refractivity contribution in [3.05, 3.63) is 47.5 Å². The summed E-state index contributed by atoms with van der Waals surface area (Å²) in [6.45, 7) is 3.81. The van der Waals surface area contributed by atoms with Crippen molar-refractivity contribution in [2.24, 2.45) is 0 Å². The molecular weight excluding hydrogens is 504 g/mol. The zero-order chi connectivity index (χ0) is 28.5. The van der Waals surface area contributed by atoms with Crippen LogP contribution in [0, 0.1) is 6.92 Å². The van der Waals surface area contributed by atoms with Gasteiger partial charge in [0.1, 0.15) is 5.78 Å². The predicted octanol–water partition coefficient (Wildman–Crippen LogP) is 3.64. The number of unbranched alkanes of at least 4 members (excludes halogenated alkanes) is 2. The van der Waals surface area contributed by atoms with Gasteiger partial charge in [0.05, 0.1) is 5.69 Å². The largest absolute Gasteiger partial charge is 0.494 e. The molecule has 0 fully saturated rings. The molecule has 0 saturated heterocycles. The minimum absolute atomic E-state index is 0.0429. The van der Waals surface area contributed by atoms with Crippen molar-refractivity contribution in [1.82, 2.24) is 14.5 Å². The Morgan fingerprint density at radius 3 is 2.18 bits per heavy atom. The van der Waals surface area contributed by atoms with Gasteiger partial charge in [-0.15, -0.1) is 0 Å². The number of hydrogen-bond donors (Lipinski definition) is 6. The van der Waals surface area contributed by atoms with E-state index in [2.05, 4.69) is 10.6 Å². The van der Waals surface area contributed by atoms with Crippen LogP contribution in [0.15, 0.2) is 36.4 Å². The molecule has 0 atom stereocenters. The van der Waals surface area contributed by atoms with Gasteiger partial charge in [-0.3, -0.25) is 18.7 Å². The molecule has 0 bridgehead atoms. The fraction of sp³-hybridized carbons (Fsp3) is 0.393. The normalized spacial score (nSPS) is 10.9. The number of ketones is 1. The van der Waals surface area contributed by atoms with E-state index in [1.54, 1.807) is 38.1 Å². The van der Waals surface area contributed by atoms with Crippen molar-refractivity contribution < 1.29 is 34.8 Å². The van der Waals surface area contributed by atoms with Crippen LogP contribution in [0.1, 0.15) is 56.6 Å². The van der Waals surface area contributed by atoms with E-state index in [9.17, 15) is 34.8 Å². The van der Waals surface area contributed by atoms with Crippen LogP contribution >= 0.6 is 0 Å². The summed E-state index contributed by atoms with van der Waals surface area (Å²) in [6, 6.07) is 9.38. The number of Topliss-reactive ketones (excluding diaryl/α,β-unsaturated/α-hetero) is 1. The number of benzene rings is 1. The van der Waals surface area contributed by atoms with E-state index >= 15 is 0 Å². The summed E-state index contributed by atoms with van der Waals surface area (Å²) in [7, 11) is 0. The van der Waals surface area contributed by atoms with Gasteiger partial charge in [0.25, 0.3) is 0 Å². The van der Waals surface area contributed by atoms with E-state index < -0.39 is 0 Å². The van der Waals surface area contributed by atoms with Gasteiger partial charge in [-0.05, 0) is 57.4 Å². The Labute approximate surface area is 226 Å². The second-order valence-electron chi connectivity index (χ2n) is 9.56. The topological polar surface area (TPSA) is 166 Å². The summed E-state index contributed by atoms with van der Waals surface area (Å²) in [6.07, 6.45) is 3.25. The van der Waals surface area contributed by atoms with E-state index in [1.165, 1.54) is 21.3 Å². The quantitative estimate of drug-likeness (QED) is 0.170. The number of aromatic hydroxyl groups is 4. The SMILES string of the molecule is CC(=O)CCCCCNC(=O)CCn1c(O)cc(CCC(=O)Nc2ccc(-n3c(O)cc(C)c3O)cc2)c1O. The first-order valence-electron chi connectivity index (χ1n) is 12.9. The summed E-state index contributed by atoms with van der Waals surface area (Å²) in [5.74, 6) is -0.917. The minimum atomic E-state index is -0.306. The number of amides is 2. The lowest BCUT2D eigenvalue weighted by atomic mass is 10.1. The molecule has 11 heteroatoms. The predicted molar refractivity (Wildman–Crippen MR) is 145 cm³/mol. The molecule has 2 heterocycles. The summed E-state index contributed by atoms with van der Waals surface area (Å²) < 4.78 is 2.51. The average molecular weight is 541 g/mol. The zero-order valence-electron chi connectivity index (χ0n) is 22.2. The van der Waals surface area contributed by atoms with Gasteiger partial charge in [-0.2, -0.15) is 0 Å². The molecule has 210 valence electrons. The van der Waals surface area contributed by atoms with Crippen molar-refractivity contribution >= 4 is 23.3 Å². The molecule has 3 aromatic rings. The molecule has 0 aliphatic rings. The second-order valence-corrected chi connectivity index (χ2v) is 9.56. The molecule has 0 aliphatic heterocycles. The van der Waals surface area contributed by atoms with Crippen LogP contribution in [0.2, 0.25) is 0 Å². The summed E-state index contributed by atoms with van der Waals surface area (Å²) in [5.41, 5.74) is 1.96. The van der Waals surface area contributed by atoms with E-state index in [4.69, 9.17) is 0 Å². The highest BCUT2D eigenvalue weighted by atomic mass is 16.3. The molecule has 2 aromatic heterocycles. The Kier molecular flexibility index (Phi) is 10.0. The Morgan fingerprint density at radius 2 is 1.54 bits per heavy atom. The number of nitrogens with zero attached hydrogens (tertiary/aromatic N) is 2. The second kappa shape index (κ2) is 13.4. The maximum absolute atomic E-state index is 12.5. The monoisotopic (exact) mass is 540 g/mol. The Bertz CT molecular complexity index is 1310. The van der Waals surface area contributed by atoms with E-state index in [0.717, 1.165) is 19.3 Å². The smallest absolute Gasteiger partial charge is 0.224 e. The maximum Gasteiger partial charge on any atom is 0.224 e. The van der Waals surface area contributed by atoms with Crippen LogP contribution in [0.4, 0.5) is 5.69 Å². The first-order chi connectivity index (χ1) is 18.6. The third kappa shape index (κ3) is 8.03. The Hall–Kier alpha value is -4.41. The number of carbonyl (C=O) groups excluding carboxylic acids is 3. The minimum Gasteiger partial charge on any atom is -0.494 e. The number of hydrogen-bond acceptors (Lipinski definition) is 7. The van der Waals surface area contributed by atoms with Crippen LogP contribution in [-0.2, 0) is 27.3 Å². The molecule has 0 spiro atoms. The molecule has 0 aliphatic carbocycles. The van der Waals surface area contributed by atoms with Crippen LogP contribution in [-0.4, -0.2) is 53.7 Å². The third-order valence-electron chi connectivity index (χ3n) is 6.38. The average Bonchev–Trinajstić information content (AvgIpc) is 3.30. The highest BCUT2D eigenvalue weighted by Crippen LogP contribution is 2.31. The molecule has 0 unspecified atom stereocenters. The Morgan fingerprint density at radius 1 is 0.821 bits per heavy atom. The van der Waals surface area contributed by atoms with E-state index in [-0.39, 0.29) is 66.9 Å². The number of nitrogens with one attached hydrogen (secondary N) is 2. The zero-order valence-corrected chi connectivity index (χ0v) is 22.2. The number of aromatic nitrogens is 2. The van der Waals surface area contributed by atoms with Crippen molar-refractivity contribution in [1.29, 1.82) is 0 Å². The van der Waals surface area contributed by atoms with Crippen molar-refractivity contribution in [2.45, 2.75) is 65.3 Å². The van der Waals surface area contributed by atoms with Crippen LogP contribution in [0.3, 0.4) is 0 Å². The molecule has 3 rings (SSSR count). The van der Waals surface area contributed by atoms with Crippen LogP contribution < -0.4 is 10.6 Å². The van der Waals surface area contributed by atoms with Gasteiger partial charge in [0.2, 0.25) is 17.7 Å². The van der Waals surface area contributed by atoms with E-state index in [0.29, 0.717) is 35.5 Å². The molecule has 2 amide bonds. The van der Waals surface area contributed by atoms with Gasteiger partial charge in [0, 0.05) is 61.3 Å². The fourth-order valence-electron chi connectivity index (χ4n) is 4.22. The summed E-state index contributed by atoms with van der Waals surface area (Å²) in [4.78, 5) is 35.5. The van der Waals surface area contributed by atoms with Crippen molar-refractivity contribution in [3.8, 4) is 29.2 Å². The summed E-state index contributed by atoms with van der Waals surface area (Å²) >= 11 is 0. The maximum atomic E-state index is 12.5. The van der Waals surface area contributed by atoms with Crippen LogP contribution in [0.25, 0.3) is 5.69 Å². The summed E-state index contributed by atoms with van der Waals surface area (Å²) in [5, 5.41) is 46.4. The molecule has 0 saturated carbocycles. The Balaban J connectivity index is 1.45. The molecule has 39 heavy (non-hydrogen) atoms.